The summed E-state index contributed by atoms with van der Waals surface area (Å²) < 4.78 is 0. The third kappa shape index (κ3) is 3.69. The molecule has 1 fully saturated rings. The number of aromatic nitrogens is 1. The van der Waals surface area contributed by atoms with Crippen LogP contribution < -0.4 is 0 Å². The molecule has 13 heavy (non-hydrogen) atoms. The molecule has 0 saturated carbocycles. The number of amides is 1. The molecule has 1 saturated heterocycles. The van der Waals surface area contributed by atoms with E-state index in [9.17, 15) is 4.79 Å². The molecule has 0 aromatic carbocycles. The summed E-state index contributed by atoms with van der Waals surface area (Å²) in [5.41, 5.74) is 1.21. The van der Waals surface area contributed by atoms with Crippen LogP contribution in [0.3, 0.4) is 0 Å². The average Bonchev–Trinajstić information content (AvgIpc) is 2.84. The van der Waals surface area contributed by atoms with Gasteiger partial charge < -0.3 is 4.90 Å². The highest BCUT2D eigenvalue weighted by molar-refractivity contribution is 5.92. The van der Waals surface area contributed by atoms with Gasteiger partial charge in [-0.25, -0.2) is 0 Å². The van der Waals surface area contributed by atoms with E-state index in [-0.39, 0.29) is 5.91 Å². The molecule has 1 aromatic rings. The van der Waals surface area contributed by atoms with E-state index in [1.807, 2.05) is 32.2 Å². The second-order valence-electron chi connectivity index (χ2n) is 2.94. The van der Waals surface area contributed by atoms with Crippen LogP contribution in [0.5, 0.6) is 0 Å². The van der Waals surface area contributed by atoms with Crippen LogP contribution in [0.15, 0.2) is 24.5 Å². The first-order valence-corrected chi connectivity index (χ1v) is 4.38. The van der Waals surface area contributed by atoms with Gasteiger partial charge in [0, 0.05) is 18.9 Å². The van der Waals surface area contributed by atoms with Crippen LogP contribution in [0.4, 0.5) is 0 Å². The highest BCUT2D eigenvalue weighted by atomic mass is 16.2. The van der Waals surface area contributed by atoms with Crippen molar-refractivity contribution in [3.63, 3.8) is 0 Å². The van der Waals surface area contributed by atoms with Gasteiger partial charge in [0.05, 0.1) is 6.54 Å². The number of rotatable bonds is 1. The molecule has 3 nitrogen and oxygen atoms in total. The van der Waals surface area contributed by atoms with Crippen molar-refractivity contribution in [1.29, 1.82) is 0 Å². The maximum atomic E-state index is 10.0. The second kappa shape index (κ2) is 4.60. The van der Waals surface area contributed by atoms with Crippen LogP contribution in [0, 0.1) is 6.92 Å². The Bertz CT molecular complexity index is 272. The van der Waals surface area contributed by atoms with E-state index in [1.165, 1.54) is 5.56 Å². The Morgan fingerprint density at radius 1 is 1.62 bits per heavy atom. The predicted molar refractivity (Wildman–Crippen MR) is 51.2 cm³/mol. The van der Waals surface area contributed by atoms with Crippen molar-refractivity contribution in [3.8, 4) is 0 Å². The minimum absolute atomic E-state index is 0.289. The van der Waals surface area contributed by atoms with Gasteiger partial charge >= 0.3 is 0 Å². The Hall–Kier alpha value is -1.38. The summed E-state index contributed by atoms with van der Waals surface area (Å²) in [5.74, 6) is 0.289. The number of likely N-dealkylation sites (N-methyl/N-ethyl adjacent to an activating group) is 1. The van der Waals surface area contributed by atoms with E-state index >= 15 is 0 Å². The van der Waals surface area contributed by atoms with Crippen molar-refractivity contribution in [1.82, 2.24) is 9.88 Å². The number of aryl methyl sites for hydroxylation is 1. The molecule has 2 rings (SSSR count). The molecule has 0 spiro atoms. The lowest BCUT2D eigenvalue weighted by atomic mass is 10.3. The van der Waals surface area contributed by atoms with Gasteiger partial charge in [-0.1, -0.05) is 6.07 Å². The fourth-order valence-electron chi connectivity index (χ4n) is 0.864. The van der Waals surface area contributed by atoms with Crippen LogP contribution in [0.25, 0.3) is 0 Å². The third-order valence-electron chi connectivity index (χ3n) is 1.77. The Labute approximate surface area is 78.4 Å². The highest BCUT2D eigenvalue weighted by Crippen LogP contribution is 2.02. The maximum absolute atomic E-state index is 10.0. The van der Waals surface area contributed by atoms with E-state index in [0.717, 1.165) is 6.54 Å². The molecule has 3 heteroatoms. The maximum Gasteiger partial charge on any atom is 0.242 e. The smallest absolute Gasteiger partial charge is 0.242 e. The molecule has 70 valence electrons. The molecule has 1 aliphatic heterocycles. The summed E-state index contributed by atoms with van der Waals surface area (Å²) >= 11 is 0. The molecule has 2 heterocycles. The number of carbonyl (C=O) groups is 1. The monoisotopic (exact) mass is 178 g/mol. The molecule has 1 aromatic heterocycles. The standard InChI is InChI=1S/C6H7N.C4H7NO/c1-6-3-2-4-7-5-6;1-2-5-3-4(5)6/h2-5H,1H3;2-3H2,1H3. The Morgan fingerprint density at radius 3 is 2.46 bits per heavy atom. The second-order valence-corrected chi connectivity index (χ2v) is 2.94. The summed E-state index contributed by atoms with van der Waals surface area (Å²) in [5, 5.41) is 0. The van der Waals surface area contributed by atoms with Crippen LogP contribution in [0.1, 0.15) is 12.5 Å². The zero-order valence-corrected chi connectivity index (χ0v) is 8.03. The van der Waals surface area contributed by atoms with E-state index in [4.69, 9.17) is 0 Å². The summed E-state index contributed by atoms with van der Waals surface area (Å²) in [4.78, 5) is 15.7. The lowest BCUT2D eigenvalue weighted by Gasteiger charge is -1.82. The summed E-state index contributed by atoms with van der Waals surface area (Å²) in [6.07, 6.45) is 3.60. The molecule has 0 unspecified atom stereocenters. The number of pyridine rings is 1. The molecule has 0 N–H and O–H groups in total. The van der Waals surface area contributed by atoms with Gasteiger partial charge in [0.2, 0.25) is 5.91 Å². The summed E-state index contributed by atoms with van der Waals surface area (Å²) in [6, 6.07) is 3.95. The molecular weight excluding hydrogens is 164 g/mol. The highest BCUT2D eigenvalue weighted by Gasteiger charge is 2.26. The zero-order valence-electron chi connectivity index (χ0n) is 8.03. The minimum atomic E-state index is 0.289. The van der Waals surface area contributed by atoms with Gasteiger partial charge in [0.1, 0.15) is 0 Å². The average molecular weight is 178 g/mol. The van der Waals surface area contributed by atoms with Crippen molar-refractivity contribution < 1.29 is 4.79 Å². The SMILES string of the molecule is CCN1CC1=O.Cc1cccnc1. The summed E-state index contributed by atoms with van der Waals surface area (Å²) in [7, 11) is 0. The van der Waals surface area contributed by atoms with Crippen molar-refractivity contribution in [2.24, 2.45) is 0 Å². The Balaban J connectivity index is 0.000000132. The van der Waals surface area contributed by atoms with Gasteiger partial charge in [-0.2, -0.15) is 0 Å². The normalized spacial score (nSPS) is 13.4. The Kier molecular flexibility index (Phi) is 3.43. The molecule has 1 amide bonds. The van der Waals surface area contributed by atoms with Crippen LogP contribution in [-0.2, 0) is 4.79 Å². The predicted octanol–water partition coefficient (Wildman–Crippen LogP) is 1.24. The molecule has 1 aliphatic rings. The van der Waals surface area contributed by atoms with Crippen molar-refractivity contribution >= 4 is 5.91 Å². The molecule has 0 atom stereocenters. The molecular formula is C10H14N2O. The lowest BCUT2D eigenvalue weighted by Crippen LogP contribution is -1.93. The first-order chi connectivity index (χ1) is 6.24. The van der Waals surface area contributed by atoms with Crippen LogP contribution in [-0.4, -0.2) is 28.9 Å². The molecule has 0 radical (unpaired) electrons. The minimum Gasteiger partial charge on any atom is -0.332 e. The fourth-order valence-corrected chi connectivity index (χ4v) is 0.864. The van der Waals surface area contributed by atoms with Gasteiger partial charge in [-0.3, -0.25) is 9.78 Å². The Morgan fingerprint density at radius 2 is 2.31 bits per heavy atom. The van der Waals surface area contributed by atoms with E-state index in [0.29, 0.717) is 6.54 Å². The summed E-state index contributed by atoms with van der Waals surface area (Å²) in [6.45, 7) is 5.58. The van der Waals surface area contributed by atoms with Gasteiger partial charge in [-0.15, -0.1) is 0 Å². The molecule has 0 bridgehead atoms. The third-order valence-corrected chi connectivity index (χ3v) is 1.77. The fraction of sp³-hybridized carbons (Fsp3) is 0.400. The van der Waals surface area contributed by atoms with E-state index in [1.54, 1.807) is 11.1 Å². The number of hydrogen-bond donors (Lipinski definition) is 0. The first kappa shape index (κ1) is 9.71. The lowest BCUT2D eigenvalue weighted by molar-refractivity contribution is -0.113. The number of carbonyl (C=O) groups excluding carboxylic acids is 1. The van der Waals surface area contributed by atoms with Crippen LogP contribution >= 0.6 is 0 Å². The van der Waals surface area contributed by atoms with Crippen molar-refractivity contribution in [2.75, 3.05) is 13.1 Å². The van der Waals surface area contributed by atoms with Crippen molar-refractivity contribution in [2.45, 2.75) is 13.8 Å². The number of hydrogen-bond acceptors (Lipinski definition) is 2. The topological polar surface area (TPSA) is 33.0 Å². The van der Waals surface area contributed by atoms with E-state index in [2.05, 4.69) is 4.98 Å². The quantitative estimate of drug-likeness (QED) is 0.606. The molecule has 0 aliphatic carbocycles. The van der Waals surface area contributed by atoms with Crippen LogP contribution in [0.2, 0.25) is 0 Å². The zero-order chi connectivity index (χ0) is 9.68. The first-order valence-electron chi connectivity index (χ1n) is 4.38. The van der Waals surface area contributed by atoms with E-state index < -0.39 is 0 Å². The van der Waals surface area contributed by atoms with Gasteiger partial charge in [0.15, 0.2) is 0 Å². The van der Waals surface area contributed by atoms with Gasteiger partial charge in [0.25, 0.3) is 0 Å². The van der Waals surface area contributed by atoms with Gasteiger partial charge in [-0.05, 0) is 25.5 Å². The largest absolute Gasteiger partial charge is 0.332 e. The number of nitrogens with zero attached hydrogens (tertiary/aromatic N) is 2. The van der Waals surface area contributed by atoms with Crippen molar-refractivity contribution in [3.05, 3.63) is 30.1 Å².